The normalized spacial score (nSPS) is 11.5. The minimum atomic E-state index is -0.581. The topological polar surface area (TPSA) is 87.2 Å². The number of hydrogen-bond donors (Lipinski definition) is 0. The fourth-order valence-corrected chi connectivity index (χ4v) is 1.71. The summed E-state index contributed by atoms with van der Waals surface area (Å²) in [4.78, 5) is 23.5. The fraction of sp³-hybridized carbons (Fsp3) is 0.333. The third kappa shape index (κ3) is 3.42. The summed E-state index contributed by atoms with van der Waals surface area (Å²) in [5.41, 5.74) is 0.00818. The van der Waals surface area contributed by atoms with E-state index in [4.69, 9.17) is 16.9 Å². The Labute approximate surface area is 115 Å². The van der Waals surface area contributed by atoms with E-state index in [0.29, 0.717) is 0 Å². The van der Waals surface area contributed by atoms with Crippen LogP contribution in [0.5, 0.6) is 0 Å². The molecule has 0 N–H and O–H groups in total. The lowest BCUT2D eigenvalue weighted by Gasteiger charge is -2.23. The minimum Gasteiger partial charge on any atom is -0.338 e. The maximum absolute atomic E-state index is 12.1. The second kappa shape index (κ2) is 6.16. The van der Waals surface area contributed by atoms with Crippen LogP contribution in [0.1, 0.15) is 23.7 Å². The van der Waals surface area contributed by atoms with Crippen molar-refractivity contribution >= 4 is 23.2 Å². The molecule has 0 spiro atoms. The highest BCUT2D eigenvalue weighted by atomic mass is 35.5. The summed E-state index contributed by atoms with van der Waals surface area (Å²) in [6, 6.07) is 5.40. The highest BCUT2D eigenvalue weighted by molar-refractivity contribution is 6.34. The summed E-state index contributed by atoms with van der Waals surface area (Å²) in [7, 11) is 1.56. The zero-order valence-corrected chi connectivity index (χ0v) is 11.2. The number of carbonyl (C=O) groups excluding carboxylic acids is 1. The molecule has 0 fully saturated rings. The maximum Gasteiger partial charge on any atom is 0.270 e. The lowest BCUT2D eigenvalue weighted by atomic mass is 10.1. The molecule has 7 heteroatoms. The van der Waals surface area contributed by atoms with Gasteiger partial charge in [0.25, 0.3) is 11.6 Å². The Balaban J connectivity index is 3.01. The van der Waals surface area contributed by atoms with Gasteiger partial charge in [-0.1, -0.05) is 11.6 Å². The molecule has 1 amide bonds. The number of nitro groups is 1. The van der Waals surface area contributed by atoms with E-state index in [1.807, 2.05) is 6.07 Å². The van der Waals surface area contributed by atoms with Gasteiger partial charge in [-0.3, -0.25) is 14.9 Å². The third-order valence-electron chi connectivity index (χ3n) is 2.76. The molecule has 1 aromatic carbocycles. The smallest absolute Gasteiger partial charge is 0.270 e. The van der Waals surface area contributed by atoms with Gasteiger partial charge in [-0.15, -0.1) is 0 Å². The number of nitrogens with zero attached hydrogens (tertiary/aromatic N) is 3. The van der Waals surface area contributed by atoms with E-state index in [9.17, 15) is 14.9 Å². The molecule has 1 unspecified atom stereocenters. The molecule has 0 heterocycles. The molecule has 0 aliphatic carbocycles. The molecule has 1 aromatic rings. The van der Waals surface area contributed by atoms with Gasteiger partial charge < -0.3 is 4.90 Å². The first-order valence-corrected chi connectivity index (χ1v) is 5.84. The van der Waals surface area contributed by atoms with Crippen molar-refractivity contribution in [1.29, 1.82) is 5.26 Å². The molecular weight excluding hydrogens is 270 g/mol. The molecule has 6 nitrogen and oxygen atoms in total. The molecule has 0 bridgehead atoms. The van der Waals surface area contributed by atoms with E-state index in [1.165, 1.54) is 17.0 Å². The third-order valence-corrected chi connectivity index (χ3v) is 3.07. The maximum atomic E-state index is 12.1. The highest BCUT2D eigenvalue weighted by Crippen LogP contribution is 2.24. The van der Waals surface area contributed by atoms with E-state index >= 15 is 0 Å². The Morgan fingerprint density at radius 2 is 2.26 bits per heavy atom. The van der Waals surface area contributed by atoms with Crippen molar-refractivity contribution in [3.05, 3.63) is 38.9 Å². The van der Waals surface area contributed by atoms with Crippen LogP contribution in [0.25, 0.3) is 0 Å². The summed E-state index contributed by atoms with van der Waals surface area (Å²) >= 11 is 5.88. The Morgan fingerprint density at radius 1 is 1.63 bits per heavy atom. The number of carbonyl (C=O) groups is 1. The van der Waals surface area contributed by atoms with Gasteiger partial charge in [0.2, 0.25) is 0 Å². The average molecular weight is 282 g/mol. The van der Waals surface area contributed by atoms with Crippen molar-refractivity contribution in [2.45, 2.75) is 19.4 Å². The van der Waals surface area contributed by atoms with Crippen LogP contribution >= 0.6 is 11.6 Å². The molecule has 1 atom stereocenters. The zero-order chi connectivity index (χ0) is 14.6. The average Bonchev–Trinajstić information content (AvgIpc) is 2.37. The van der Waals surface area contributed by atoms with Gasteiger partial charge in [-0.2, -0.15) is 5.26 Å². The first kappa shape index (κ1) is 14.9. The summed E-state index contributed by atoms with van der Waals surface area (Å²) in [6.45, 7) is 1.74. The largest absolute Gasteiger partial charge is 0.338 e. The second-order valence-corrected chi connectivity index (χ2v) is 4.46. The molecule has 0 saturated carbocycles. The highest BCUT2D eigenvalue weighted by Gasteiger charge is 2.21. The van der Waals surface area contributed by atoms with Crippen molar-refractivity contribution in [3.8, 4) is 6.07 Å². The first-order chi connectivity index (χ1) is 8.88. The van der Waals surface area contributed by atoms with Crippen LogP contribution in [0.3, 0.4) is 0 Å². The molecular formula is C12H12ClN3O3. The summed E-state index contributed by atoms with van der Waals surface area (Å²) in [5, 5.41) is 19.2. The van der Waals surface area contributed by atoms with E-state index in [0.717, 1.165) is 6.07 Å². The van der Waals surface area contributed by atoms with Gasteiger partial charge in [0.1, 0.15) is 0 Å². The van der Waals surface area contributed by atoms with Gasteiger partial charge in [0, 0.05) is 25.2 Å². The summed E-state index contributed by atoms with van der Waals surface area (Å²) < 4.78 is 0. The van der Waals surface area contributed by atoms with Gasteiger partial charge in [0.05, 0.1) is 28.0 Å². The number of non-ortho nitro benzene ring substituents is 1. The van der Waals surface area contributed by atoms with Crippen LogP contribution in [-0.4, -0.2) is 28.8 Å². The zero-order valence-electron chi connectivity index (χ0n) is 10.5. The van der Waals surface area contributed by atoms with Crippen molar-refractivity contribution in [2.24, 2.45) is 0 Å². The Kier molecular flexibility index (Phi) is 4.84. The SMILES string of the molecule is CC(CC#N)N(C)C(=O)c1ccc([N+](=O)[O-])cc1Cl. The summed E-state index contributed by atoms with van der Waals surface area (Å²) in [5.74, 6) is -0.373. The molecule has 0 saturated heterocycles. The number of hydrogen-bond acceptors (Lipinski definition) is 4. The number of nitriles is 1. The standard InChI is InChI=1S/C12H12ClN3O3/c1-8(5-6-14)15(2)12(17)10-4-3-9(16(18)19)7-11(10)13/h3-4,7-8H,5H2,1-2H3. The van der Waals surface area contributed by atoms with E-state index in [-0.39, 0.29) is 34.6 Å². The van der Waals surface area contributed by atoms with Crippen molar-refractivity contribution in [3.63, 3.8) is 0 Å². The van der Waals surface area contributed by atoms with E-state index < -0.39 is 4.92 Å². The molecule has 0 aliphatic heterocycles. The van der Waals surface area contributed by atoms with Crippen LogP contribution in [0.15, 0.2) is 18.2 Å². The van der Waals surface area contributed by atoms with Crippen LogP contribution in [0, 0.1) is 21.4 Å². The minimum absolute atomic E-state index is 0.0233. The lowest BCUT2D eigenvalue weighted by Crippen LogP contribution is -2.35. The number of nitro benzene ring substituents is 1. The molecule has 1 rings (SSSR count). The molecule has 100 valence electrons. The van der Waals surface area contributed by atoms with E-state index in [1.54, 1.807) is 14.0 Å². The monoisotopic (exact) mass is 281 g/mol. The molecule has 0 radical (unpaired) electrons. The Hall–Kier alpha value is -2.13. The van der Waals surface area contributed by atoms with Crippen molar-refractivity contribution in [2.75, 3.05) is 7.05 Å². The van der Waals surface area contributed by atoms with Crippen molar-refractivity contribution < 1.29 is 9.72 Å². The summed E-state index contributed by atoms with van der Waals surface area (Å²) in [6.07, 6.45) is 0.201. The number of amides is 1. The van der Waals surface area contributed by atoms with Crippen LogP contribution < -0.4 is 0 Å². The second-order valence-electron chi connectivity index (χ2n) is 4.05. The lowest BCUT2D eigenvalue weighted by molar-refractivity contribution is -0.384. The quantitative estimate of drug-likeness (QED) is 0.627. The number of benzene rings is 1. The van der Waals surface area contributed by atoms with Crippen LogP contribution in [-0.2, 0) is 0 Å². The Morgan fingerprint density at radius 3 is 2.74 bits per heavy atom. The fourth-order valence-electron chi connectivity index (χ4n) is 1.45. The Bertz CT molecular complexity index is 554. The molecule has 19 heavy (non-hydrogen) atoms. The van der Waals surface area contributed by atoms with Gasteiger partial charge in [-0.05, 0) is 13.0 Å². The van der Waals surface area contributed by atoms with Gasteiger partial charge in [-0.25, -0.2) is 0 Å². The first-order valence-electron chi connectivity index (χ1n) is 5.46. The predicted octanol–water partition coefficient (Wildman–Crippen LogP) is 2.62. The van der Waals surface area contributed by atoms with E-state index in [2.05, 4.69) is 0 Å². The van der Waals surface area contributed by atoms with Gasteiger partial charge in [0.15, 0.2) is 0 Å². The van der Waals surface area contributed by atoms with Crippen LogP contribution in [0.2, 0.25) is 5.02 Å². The number of rotatable bonds is 4. The van der Waals surface area contributed by atoms with Gasteiger partial charge >= 0.3 is 0 Å². The predicted molar refractivity (Wildman–Crippen MR) is 69.9 cm³/mol. The van der Waals surface area contributed by atoms with Crippen LogP contribution in [0.4, 0.5) is 5.69 Å². The number of halogens is 1. The molecule has 0 aromatic heterocycles. The molecule has 0 aliphatic rings. The van der Waals surface area contributed by atoms with Crippen molar-refractivity contribution in [1.82, 2.24) is 4.90 Å².